The molecule has 1 aliphatic carbocycles. The SMILES string of the molecule is COC(=O)C1(C(=O)N(C)c2ccc(Cl)cc2)CC1. The van der Waals surface area contributed by atoms with Crippen LogP contribution < -0.4 is 4.90 Å². The van der Waals surface area contributed by atoms with Crippen LogP contribution in [-0.4, -0.2) is 26.0 Å². The highest BCUT2D eigenvalue weighted by atomic mass is 35.5. The quantitative estimate of drug-likeness (QED) is 0.623. The second-order valence-corrected chi connectivity index (χ2v) is 4.85. The van der Waals surface area contributed by atoms with Gasteiger partial charge in [-0.3, -0.25) is 9.59 Å². The number of rotatable bonds is 3. The minimum atomic E-state index is -0.969. The summed E-state index contributed by atoms with van der Waals surface area (Å²) in [6, 6.07) is 6.90. The summed E-state index contributed by atoms with van der Waals surface area (Å²) < 4.78 is 4.70. The molecule has 0 spiro atoms. The first-order valence-electron chi connectivity index (χ1n) is 5.63. The molecule has 0 N–H and O–H groups in total. The summed E-state index contributed by atoms with van der Waals surface area (Å²) in [6.07, 6.45) is 1.10. The molecule has 2 rings (SSSR count). The van der Waals surface area contributed by atoms with Gasteiger partial charge in [0.05, 0.1) is 7.11 Å². The number of hydrogen-bond acceptors (Lipinski definition) is 3. The predicted octanol–water partition coefficient (Wildman–Crippen LogP) is 2.26. The van der Waals surface area contributed by atoms with Gasteiger partial charge in [-0.1, -0.05) is 11.6 Å². The molecule has 0 unspecified atom stereocenters. The number of carbonyl (C=O) groups is 2. The Kier molecular flexibility index (Phi) is 3.30. The first-order chi connectivity index (χ1) is 8.51. The van der Waals surface area contributed by atoms with E-state index in [9.17, 15) is 9.59 Å². The highest BCUT2D eigenvalue weighted by Gasteiger charge is 2.59. The second-order valence-electron chi connectivity index (χ2n) is 4.41. The maximum absolute atomic E-state index is 12.3. The first kappa shape index (κ1) is 12.9. The zero-order chi connectivity index (χ0) is 13.3. The van der Waals surface area contributed by atoms with E-state index in [0.29, 0.717) is 23.6 Å². The summed E-state index contributed by atoms with van der Waals surface area (Å²) in [6.45, 7) is 0. The van der Waals surface area contributed by atoms with Crippen molar-refractivity contribution in [1.82, 2.24) is 0 Å². The molecule has 0 bridgehead atoms. The van der Waals surface area contributed by atoms with E-state index in [0.717, 1.165) is 0 Å². The molecule has 0 aliphatic heterocycles. The monoisotopic (exact) mass is 267 g/mol. The van der Waals surface area contributed by atoms with Gasteiger partial charge in [0.15, 0.2) is 0 Å². The van der Waals surface area contributed by atoms with E-state index < -0.39 is 11.4 Å². The van der Waals surface area contributed by atoms with Gasteiger partial charge in [-0.15, -0.1) is 0 Å². The van der Waals surface area contributed by atoms with Gasteiger partial charge >= 0.3 is 5.97 Å². The molecule has 0 radical (unpaired) electrons. The van der Waals surface area contributed by atoms with Gasteiger partial charge in [0.25, 0.3) is 0 Å². The van der Waals surface area contributed by atoms with Crippen LogP contribution in [0.15, 0.2) is 24.3 Å². The van der Waals surface area contributed by atoms with E-state index in [1.54, 1.807) is 31.3 Å². The first-order valence-corrected chi connectivity index (χ1v) is 6.01. The Morgan fingerprint density at radius 1 is 1.28 bits per heavy atom. The maximum Gasteiger partial charge on any atom is 0.321 e. The molecule has 5 heteroatoms. The Morgan fingerprint density at radius 2 is 1.83 bits per heavy atom. The summed E-state index contributed by atoms with van der Waals surface area (Å²) in [5.74, 6) is -0.676. The van der Waals surface area contributed by atoms with Gasteiger partial charge in [0.2, 0.25) is 5.91 Å². The fourth-order valence-corrected chi connectivity index (χ4v) is 2.05. The van der Waals surface area contributed by atoms with Crippen molar-refractivity contribution < 1.29 is 14.3 Å². The van der Waals surface area contributed by atoms with Crippen LogP contribution in [0.4, 0.5) is 5.69 Å². The number of amides is 1. The van der Waals surface area contributed by atoms with Gasteiger partial charge in [-0.2, -0.15) is 0 Å². The van der Waals surface area contributed by atoms with E-state index in [1.807, 2.05) is 0 Å². The fraction of sp³-hybridized carbons (Fsp3) is 0.385. The van der Waals surface area contributed by atoms with Gasteiger partial charge in [0, 0.05) is 17.8 Å². The van der Waals surface area contributed by atoms with Crippen molar-refractivity contribution >= 4 is 29.2 Å². The lowest BCUT2D eigenvalue weighted by molar-refractivity contribution is -0.151. The molecule has 1 saturated carbocycles. The minimum Gasteiger partial charge on any atom is -0.468 e. The van der Waals surface area contributed by atoms with E-state index in [2.05, 4.69) is 0 Å². The second kappa shape index (κ2) is 4.61. The number of anilines is 1. The van der Waals surface area contributed by atoms with Crippen LogP contribution in [-0.2, 0) is 14.3 Å². The minimum absolute atomic E-state index is 0.225. The molecule has 0 heterocycles. The summed E-state index contributed by atoms with van der Waals surface area (Å²) >= 11 is 5.79. The highest BCUT2D eigenvalue weighted by Crippen LogP contribution is 2.48. The number of ether oxygens (including phenoxy) is 1. The fourth-order valence-electron chi connectivity index (χ4n) is 1.93. The van der Waals surface area contributed by atoms with E-state index in [-0.39, 0.29) is 5.91 Å². The third-order valence-electron chi connectivity index (χ3n) is 3.25. The number of esters is 1. The van der Waals surface area contributed by atoms with Crippen molar-refractivity contribution in [2.45, 2.75) is 12.8 Å². The molecular formula is C13H14ClNO3. The van der Waals surface area contributed by atoms with Crippen molar-refractivity contribution in [2.75, 3.05) is 19.1 Å². The summed E-state index contributed by atoms with van der Waals surface area (Å²) in [4.78, 5) is 25.4. The molecule has 0 aromatic heterocycles. The Balaban J connectivity index is 2.19. The third-order valence-corrected chi connectivity index (χ3v) is 3.51. The third kappa shape index (κ3) is 2.08. The Morgan fingerprint density at radius 3 is 2.28 bits per heavy atom. The van der Waals surface area contributed by atoms with Gasteiger partial charge in [-0.25, -0.2) is 0 Å². The number of benzene rings is 1. The summed E-state index contributed by atoms with van der Waals surface area (Å²) in [5, 5.41) is 0.605. The van der Waals surface area contributed by atoms with Crippen LogP contribution in [0.25, 0.3) is 0 Å². The van der Waals surface area contributed by atoms with Crippen molar-refractivity contribution in [1.29, 1.82) is 0 Å². The average Bonchev–Trinajstić information content (AvgIpc) is 3.18. The van der Waals surface area contributed by atoms with E-state index >= 15 is 0 Å². The molecule has 1 amide bonds. The summed E-state index contributed by atoms with van der Waals surface area (Å²) in [5.41, 5.74) is -0.261. The van der Waals surface area contributed by atoms with E-state index in [1.165, 1.54) is 12.0 Å². The highest BCUT2D eigenvalue weighted by molar-refractivity contribution is 6.30. The largest absolute Gasteiger partial charge is 0.468 e. The van der Waals surface area contributed by atoms with Crippen molar-refractivity contribution in [3.05, 3.63) is 29.3 Å². The molecule has 1 aromatic carbocycles. The van der Waals surface area contributed by atoms with Gasteiger partial charge in [0.1, 0.15) is 5.41 Å². The molecule has 96 valence electrons. The average molecular weight is 268 g/mol. The van der Waals surface area contributed by atoms with Crippen molar-refractivity contribution in [2.24, 2.45) is 5.41 Å². The zero-order valence-corrected chi connectivity index (χ0v) is 11.0. The van der Waals surface area contributed by atoms with Crippen LogP contribution in [0.5, 0.6) is 0 Å². The van der Waals surface area contributed by atoms with Gasteiger partial charge < -0.3 is 9.64 Å². The molecule has 1 fully saturated rings. The lowest BCUT2D eigenvalue weighted by Crippen LogP contribution is -2.39. The predicted molar refractivity (Wildman–Crippen MR) is 68.5 cm³/mol. The molecule has 1 aliphatic rings. The van der Waals surface area contributed by atoms with Crippen LogP contribution in [0.2, 0.25) is 5.02 Å². The molecule has 1 aromatic rings. The van der Waals surface area contributed by atoms with Crippen LogP contribution in [0, 0.1) is 5.41 Å². The number of nitrogens with zero attached hydrogens (tertiary/aromatic N) is 1. The standard InChI is InChI=1S/C13H14ClNO3/c1-15(10-5-3-9(14)4-6-10)11(16)13(7-8-13)12(17)18-2/h3-6H,7-8H2,1-2H3. The topological polar surface area (TPSA) is 46.6 Å². The smallest absolute Gasteiger partial charge is 0.321 e. The Bertz CT molecular complexity index is 480. The number of methoxy groups -OCH3 is 1. The molecule has 0 atom stereocenters. The van der Waals surface area contributed by atoms with Crippen LogP contribution in [0.1, 0.15) is 12.8 Å². The molecule has 0 saturated heterocycles. The lowest BCUT2D eigenvalue weighted by Gasteiger charge is -2.22. The van der Waals surface area contributed by atoms with Crippen molar-refractivity contribution in [3.8, 4) is 0 Å². The maximum atomic E-state index is 12.3. The number of carbonyl (C=O) groups excluding carboxylic acids is 2. The number of hydrogen-bond donors (Lipinski definition) is 0. The lowest BCUT2D eigenvalue weighted by atomic mass is 10.1. The summed E-state index contributed by atoms with van der Waals surface area (Å²) in [7, 11) is 2.95. The van der Waals surface area contributed by atoms with Crippen LogP contribution in [0.3, 0.4) is 0 Å². The molecule has 4 nitrogen and oxygen atoms in total. The normalized spacial score (nSPS) is 15.9. The Hall–Kier alpha value is -1.55. The van der Waals surface area contributed by atoms with Crippen LogP contribution >= 0.6 is 11.6 Å². The molecule has 18 heavy (non-hydrogen) atoms. The molecular weight excluding hydrogens is 254 g/mol. The van der Waals surface area contributed by atoms with Crippen molar-refractivity contribution in [3.63, 3.8) is 0 Å². The van der Waals surface area contributed by atoms with E-state index in [4.69, 9.17) is 16.3 Å². The van der Waals surface area contributed by atoms with Gasteiger partial charge in [-0.05, 0) is 37.1 Å². The number of halogens is 1. The zero-order valence-electron chi connectivity index (χ0n) is 10.3. The Labute approximate surface area is 110 Å².